The summed E-state index contributed by atoms with van der Waals surface area (Å²) < 4.78 is 54.8. The molecular formula is C14H10Cl2N2O4S2. The number of hydrogen-bond acceptors (Lipinski definition) is 4. The molecule has 0 aliphatic rings. The Morgan fingerprint density at radius 1 is 0.625 bits per heavy atom. The first-order chi connectivity index (χ1) is 11.2. The summed E-state index contributed by atoms with van der Waals surface area (Å²) in [6.07, 6.45) is 0. The van der Waals surface area contributed by atoms with Gasteiger partial charge in [-0.2, -0.15) is 16.8 Å². The van der Waals surface area contributed by atoms with Gasteiger partial charge in [-0.05, 0) is 24.3 Å². The van der Waals surface area contributed by atoms with Crippen LogP contribution in [0, 0.1) is 0 Å². The number of hydrogen-bond donors (Lipinski definition) is 0. The molecule has 0 aliphatic heterocycles. The van der Waals surface area contributed by atoms with Crippen LogP contribution >= 0.6 is 23.2 Å². The van der Waals surface area contributed by atoms with E-state index in [2.05, 4.69) is 8.80 Å². The van der Waals surface area contributed by atoms with Crippen LogP contribution in [0.4, 0.5) is 0 Å². The van der Waals surface area contributed by atoms with Gasteiger partial charge in [-0.1, -0.05) is 59.6 Å². The molecule has 6 nitrogen and oxygen atoms in total. The van der Waals surface area contributed by atoms with Gasteiger partial charge >= 0.3 is 0 Å². The summed E-state index contributed by atoms with van der Waals surface area (Å²) in [7, 11) is -8.26. The zero-order valence-electron chi connectivity index (χ0n) is 11.9. The number of sulfonamides is 2. The molecule has 0 aliphatic carbocycles. The van der Waals surface area contributed by atoms with Crippen LogP contribution in [-0.2, 0) is 20.0 Å². The van der Waals surface area contributed by atoms with Gasteiger partial charge in [0.2, 0.25) is 0 Å². The van der Waals surface area contributed by atoms with Crippen molar-refractivity contribution >= 4 is 53.6 Å². The molecule has 24 heavy (non-hydrogen) atoms. The van der Waals surface area contributed by atoms with Crippen LogP contribution in [-0.4, -0.2) is 27.2 Å². The van der Waals surface area contributed by atoms with E-state index in [-0.39, 0.29) is 9.79 Å². The highest BCUT2D eigenvalue weighted by molar-refractivity contribution is 7.91. The molecule has 0 N–H and O–H groups in total. The molecule has 10 heteroatoms. The van der Waals surface area contributed by atoms with Crippen LogP contribution in [0.5, 0.6) is 0 Å². The highest BCUT2D eigenvalue weighted by Gasteiger charge is 2.18. The van der Waals surface area contributed by atoms with Gasteiger partial charge in [0.15, 0.2) is 10.3 Å². The summed E-state index contributed by atoms with van der Waals surface area (Å²) in [4.78, 5) is -0.225. The first-order valence-corrected chi connectivity index (χ1v) is 9.97. The third kappa shape index (κ3) is 4.64. The van der Waals surface area contributed by atoms with Crippen LogP contribution in [0.25, 0.3) is 0 Å². The van der Waals surface area contributed by atoms with Crippen LogP contribution in [0.2, 0.25) is 0 Å². The summed E-state index contributed by atoms with van der Waals surface area (Å²) in [5.74, 6) is 0. The molecule has 126 valence electrons. The van der Waals surface area contributed by atoms with Gasteiger partial charge in [0.05, 0.1) is 9.79 Å². The Kier molecular flexibility index (Phi) is 5.76. The van der Waals surface area contributed by atoms with Crippen LogP contribution < -0.4 is 0 Å². The Bertz CT molecular complexity index is 904. The van der Waals surface area contributed by atoms with Gasteiger partial charge in [-0.3, -0.25) is 0 Å². The fourth-order valence-corrected chi connectivity index (χ4v) is 4.11. The van der Waals surface area contributed by atoms with Gasteiger partial charge in [-0.15, -0.1) is 8.80 Å². The Morgan fingerprint density at radius 3 is 1.21 bits per heavy atom. The molecule has 2 rings (SSSR count). The van der Waals surface area contributed by atoms with Crippen molar-refractivity contribution in [2.24, 2.45) is 8.80 Å². The third-order valence-corrected chi connectivity index (χ3v) is 6.06. The van der Waals surface area contributed by atoms with E-state index in [1.165, 1.54) is 48.5 Å². The summed E-state index contributed by atoms with van der Waals surface area (Å²) >= 11 is 11.4. The SMILES string of the molecule is O=S(=O)(/N=C(Cl)/C(Cl)=N/S(=O)(=O)c1ccccc1)c1ccccc1. The smallest absolute Gasteiger partial charge is 0.199 e. The van der Waals surface area contributed by atoms with E-state index in [9.17, 15) is 16.8 Å². The lowest BCUT2D eigenvalue weighted by molar-refractivity contribution is 0.596. The maximum atomic E-state index is 12.0. The average Bonchev–Trinajstić information content (AvgIpc) is 2.55. The van der Waals surface area contributed by atoms with E-state index in [4.69, 9.17) is 23.2 Å². The molecule has 0 spiro atoms. The molecule has 0 unspecified atom stereocenters. The number of rotatable bonds is 5. The maximum absolute atomic E-state index is 12.0. The van der Waals surface area contributed by atoms with Crippen molar-refractivity contribution in [1.82, 2.24) is 0 Å². The van der Waals surface area contributed by atoms with Crippen LogP contribution in [0.3, 0.4) is 0 Å². The highest BCUT2D eigenvalue weighted by atomic mass is 35.5. The van der Waals surface area contributed by atoms with Gasteiger partial charge in [0.25, 0.3) is 20.0 Å². The third-order valence-electron chi connectivity index (χ3n) is 2.65. The lowest BCUT2D eigenvalue weighted by Crippen LogP contribution is -2.08. The monoisotopic (exact) mass is 404 g/mol. The van der Waals surface area contributed by atoms with E-state index < -0.39 is 30.4 Å². The number of halogens is 2. The molecule has 0 saturated carbocycles. The number of benzene rings is 2. The minimum atomic E-state index is -4.13. The second kappa shape index (κ2) is 7.43. The lowest BCUT2D eigenvalue weighted by Gasteiger charge is -2.01. The second-order valence-corrected chi connectivity index (χ2v) is 8.26. The summed E-state index contributed by atoms with van der Waals surface area (Å²) in [5.41, 5.74) is 0. The van der Waals surface area contributed by atoms with Crippen molar-refractivity contribution in [2.75, 3.05) is 0 Å². The first-order valence-electron chi connectivity index (χ1n) is 6.34. The van der Waals surface area contributed by atoms with E-state index >= 15 is 0 Å². The molecule has 0 saturated heterocycles. The fourth-order valence-electron chi connectivity index (χ4n) is 1.58. The maximum Gasteiger partial charge on any atom is 0.283 e. The van der Waals surface area contributed by atoms with Crippen molar-refractivity contribution in [3.05, 3.63) is 60.7 Å². The summed E-state index contributed by atoms with van der Waals surface area (Å²) in [6.45, 7) is 0. The van der Waals surface area contributed by atoms with Crippen LogP contribution in [0.1, 0.15) is 0 Å². The molecule has 0 radical (unpaired) electrons. The van der Waals surface area contributed by atoms with Crippen molar-refractivity contribution in [3.63, 3.8) is 0 Å². The van der Waals surface area contributed by atoms with Crippen molar-refractivity contribution in [1.29, 1.82) is 0 Å². The predicted octanol–water partition coefficient (Wildman–Crippen LogP) is 3.04. The Morgan fingerprint density at radius 2 is 0.917 bits per heavy atom. The largest absolute Gasteiger partial charge is 0.283 e. The van der Waals surface area contributed by atoms with Gasteiger partial charge in [0, 0.05) is 0 Å². The predicted molar refractivity (Wildman–Crippen MR) is 93.8 cm³/mol. The van der Waals surface area contributed by atoms with Gasteiger partial charge in [0.1, 0.15) is 0 Å². The van der Waals surface area contributed by atoms with Gasteiger partial charge in [-0.25, -0.2) is 0 Å². The molecule has 0 atom stereocenters. The zero-order valence-corrected chi connectivity index (χ0v) is 15.0. The topological polar surface area (TPSA) is 93.0 Å². The number of nitrogens with zero attached hydrogens (tertiary/aromatic N) is 2. The molecule has 0 heterocycles. The lowest BCUT2D eigenvalue weighted by atomic mass is 10.4. The normalized spacial score (nSPS) is 13.8. The summed E-state index contributed by atoms with van der Waals surface area (Å²) in [6, 6.07) is 14.5. The molecule has 2 aromatic carbocycles. The van der Waals surface area contributed by atoms with Crippen molar-refractivity contribution in [3.8, 4) is 0 Å². The molecular weight excluding hydrogens is 395 g/mol. The fraction of sp³-hybridized carbons (Fsp3) is 0. The van der Waals surface area contributed by atoms with Crippen molar-refractivity contribution < 1.29 is 16.8 Å². The Hall–Kier alpha value is -1.74. The highest BCUT2D eigenvalue weighted by Crippen LogP contribution is 2.16. The molecule has 2 aromatic rings. The molecule has 0 amide bonds. The average molecular weight is 405 g/mol. The first kappa shape index (κ1) is 18.6. The van der Waals surface area contributed by atoms with E-state index in [0.29, 0.717) is 0 Å². The minimum absolute atomic E-state index is 0.112. The van der Waals surface area contributed by atoms with Crippen LogP contribution in [0.15, 0.2) is 79.3 Å². The zero-order chi connectivity index (χ0) is 17.8. The van der Waals surface area contributed by atoms with E-state index in [1.54, 1.807) is 12.1 Å². The minimum Gasteiger partial charge on any atom is -0.199 e. The van der Waals surface area contributed by atoms with E-state index in [0.717, 1.165) is 0 Å². The Labute approximate surface area is 149 Å². The summed E-state index contributed by atoms with van der Waals surface area (Å²) in [5, 5.41) is -1.50. The quantitative estimate of drug-likeness (QED) is 0.715. The van der Waals surface area contributed by atoms with Crippen molar-refractivity contribution in [2.45, 2.75) is 9.79 Å². The molecule has 0 bridgehead atoms. The van der Waals surface area contributed by atoms with Gasteiger partial charge < -0.3 is 0 Å². The standard InChI is InChI=1S/C14H10Cl2N2O4S2/c15-13(17-23(19,20)11-7-3-1-4-8-11)14(16)18-24(21,22)12-9-5-2-6-10-12/h1-10H/b17-13-,18-14-. The molecule has 0 fully saturated rings. The Balaban J connectivity index is 2.37. The van der Waals surface area contributed by atoms with E-state index in [1.807, 2.05) is 0 Å². The molecule has 0 aromatic heterocycles. The second-order valence-electron chi connectivity index (χ2n) is 4.34.